The first-order chi connectivity index (χ1) is 11.6. The van der Waals surface area contributed by atoms with E-state index < -0.39 is 12.1 Å². The first-order valence-electron chi connectivity index (χ1n) is 8.48. The Morgan fingerprint density at radius 2 is 1.92 bits per heavy atom. The molecular weight excluding hydrogens is 308 g/mol. The van der Waals surface area contributed by atoms with E-state index in [-0.39, 0.29) is 5.91 Å². The predicted molar refractivity (Wildman–Crippen MR) is 90.7 cm³/mol. The second kappa shape index (κ2) is 9.39. The summed E-state index contributed by atoms with van der Waals surface area (Å²) in [5.41, 5.74) is 1.60. The first-order valence-corrected chi connectivity index (χ1v) is 8.48. The third-order valence-electron chi connectivity index (χ3n) is 3.90. The van der Waals surface area contributed by atoms with Crippen molar-refractivity contribution in [1.29, 1.82) is 0 Å². The van der Waals surface area contributed by atoms with Crippen molar-refractivity contribution in [3.05, 3.63) is 35.4 Å². The second-order valence-electron chi connectivity index (χ2n) is 5.92. The molecule has 1 aromatic rings. The number of esters is 1. The Kier molecular flexibility index (Phi) is 7.21. The number of amides is 1. The van der Waals surface area contributed by atoms with E-state index in [4.69, 9.17) is 9.47 Å². The number of nitrogens with zero attached hydrogens (tertiary/aromatic N) is 1. The minimum atomic E-state index is -0.794. The molecule has 1 N–H and O–H groups in total. The van der Waals surface area contributed by atoms with Crippen LogP contribution in [0.5, 0.6) is 0 Å². The van der Waals surface area contributed by atoms with Gasteiger partial charge in [0.2, 0.25) is 0 Å². The molecule has 132 valence electrons. The van der Waals surface area contributed by atoms with Crippen LogP contribution in [0.15, 0.2) is 24.3 Å². The van der Waals surface area contributed by atoms with Crippen molar-refractivity contribution in [2.45, 2.75) is 32.9 Å². The number of rotatable bonds is 7. The SMILES string of the molecule is CCCNC(=O)[C@H](C)OC(=O)c1ccc(CN2CCOCC2)cc1. The van der Waals surface area contributed by atoms with E-state index in [0.717, 1.165) is 44.8 Å². The zero-order valence-electron chi connectivity index (χ0n) is 14.4. The maximum absolute atomic E-state index is 12.1. The van der Waals surface area contributed by atoms with Crippen molar-refractivity contribution in [3.8, 4) is 0 Å². The number of hydrogen-bond donors (Lipinski definition) is 1. The summed E-state index contributed by atoms with van der Waals surface area (Å²) in [6, 6.07) is 7.34. The molecule has 0 aromatic heterocycles. The lowest BCUT2D eigenvalue weighted by Crippen LogP contribution is -2.36. The molecule has 1 aliphatic heterocycles. The summed E-state index contributed by atoms with van der Waals surface area (Å²) in [5, 5.41) is 2.71. The highest BCUT2D eigenvalue weighted by Crippen LogP contribution is 2.11. The smallest absolute Gasteiger partial charge is 0.338 e. The molecule has 0 unspecified atom stereocenters. The monoisotopic (exact) mass is 334 g/mol. The van der Waals surface area contributed by atoms with Crippen LogP contribution >= 0.6 is 0 Å². The topological polar surface area (TPSA) is 67.9 Å². The molecule has 1 aromatic carbocycles. The highest BCUT2D eigenvalue weighted by molar-refractivity contribution is 5.92. The van der Waals surface area contributed by atoms with Crippen LogP contribution in [-0.4, -0.2) is 55.7 Å². The lowest BCUT2D eigenvalue weighted by atomic mass is 10.1. The molecule has 0 saturated carbocycles. The minimum absolute atomic E-state index is 0.269. The van der Waals surface area contributed by atoms with Crippen LogP contribution in [0.1, 0.15) is 36.2 Å². The van der Waals surface area contributed by atoms with E-state index in [2.05, 4.69) is 10.2 Å². The summed E-state index contributed by atoms with van der Waals surface area (Å²) in [5.74, 6) is -0.749. The minimum Gasteiger partial charge on any atom is -0.449 e. The van der Waals surface area contributed by atoms with E-state index in [0.29, 0.717) is 12.1 Å². The fraction of sp³-hybridized carbons (Fsp3) is 0.556. The number of carbonyl (C=O) groups excluding carboxylic acids is 2. The van der Waals surface area contributed by atoms with Gasteiger partial charge in [-0.05, 0) is 31.0 Å². The van der Waals surface area contributed by atoms with Crippen LogP contribution in [0.4, 0.5) is 0 Å². The second-order valence-corrected chi connectivity index (χ2v) is 5.92. The third-order valence-corrected chi connectivity index (χ3v) is 3.90. The number of nitrogens with one attached hydrogen (secondary N) is 1. The molecule has 0 bridgehead atoms. The highest BCUT2D eigenvalue weighted by Gasteiger charge is 2.18. The molecule has 6 heteroatoms. The number of carbonyl (C=O) groups is 2. The average molecular weight is 334 g/mol. The van der Waals surface area contributed by atoms with Gasteiger partial charge in [-0.15, -0.1) is 0 Å². The van der Waals surface area contributed by atoms with E-state index in [1.807, 2.05) is 19.1 Å². The maximum Gasteiger partial charge on any atom is 0.338 e. The van der Waals surface area contributed by atoms with E-state index in [9.17, 15) is 9.59 Å². The summed E-state index contributed by atoms with van der Waals surface area (Å²) in [7, 11) is 0. The van der Waals surface area contributed by atoms with Gasteiger partial charge in [0.15, 0.2) is 6.10 Å². The van der Waals surface area contributed by atoms with Crippen molar-refractivity contribution in [1.82, 2.24) is 10.2 Å². The van der Waals surface area contributed by atoms with Crippen LogP contribution in [0.3, 0.4) is 0 Å². The van der Waals surface area contributed by atoms with Gasteiger partial charge in [0.25, 0.3) is 5.91 Å². The molecule has 1 atom stereocenters. The van der Waals surface area contributed by atoms with E-state index >= 15 is 0 Å². The largest absolute Gasteiger partial charge is 0.449 e. The van der Waals surface area contributed by atoms with Gasteiger partial charge in [-0.2, -0.15) is 0 Å². The Bertz CT molecular complexity index is 538. The molecule has 1 heterocycles. The van der Waals surface area contributed by atoms with Gasteiger partial charge in [-0.1, -0.05) is 19.1 Å². The number of ether oxygens (including phenoxy) is 2. The molecule has 0 radical (unpaired) electrons. The normalized spacial score (nSPS) is 16.4. The van der Waals surface area contributed by atoms with Gasteiger partial charge >= 0.3 is 5.97 Å². The summed E-state index contributed by atoms with van der Waals surface area (Å²) in [6.45, 7) is 8.35. The lowest BCUT2D eigenvalue weighted by molar-refractivity contribution is -0.129. The molecule has 0 spiro atoms. The molecule has 1 fully saturated rings. The Morgan fingerprint density at radius 1 is 1.25 bits per heavy atom. The van der Waals surface area contributed by atoms with Gasteiger partial charge in [0, 0.05) is 26.2 Å². The van der Waals surface area contributed by atoms with Crippen LogP contribution < -0.4 is 5.32 Å². The Balaban J connectivity index is 1.85. The zero-order valence-corrected chi connectivity index (χ0v) is 14.4. The number of benzene rings is 1. The molecular formula is C18H26N2O4. The third kappa shape index (κ3) is 5.62. The quantitative estimate of drug-likeness (QED) is 0.767. The Morgan fingerprint density at radius 3 is 2.54 bits per heavy atom. The van der Waals surface area contributed by atoms with Gasteiger partial charge in [0.05, 0.1) is 18.8 Å². The average Bonchev–Trinajstić information content (AvgIpc) is 2.61. The van der Waals surface area contributed by atoms with Crippen molar-refractivity contribution >= 4 is 11.9 Å². The number of hydrogen-bond acceptors (Lipinski definition) is 5. The van der Waals surface area contributed by atoms with E-state index in [1.165, 1.54) is 0 Å². The molecule has 24 heavy (non-hydrogen) atoms. The molecule has 6 nitrogen and oxygen atoms in total. The van der Waals surface area contributed by atoms with Crippen LogP contribution in [0.2, 0.25) is 0 Å². The zero-order chi connectivity index (χ0) is 17.4. The summed E-state index contributed by atoms with van der Waals surface area (Å²) < 4.78 is 10.5. The summed E-state index contributed by atoms with van der Waals surface area (Å²) in [6.07, 6.45) is 0.0499. The van der Waals surface area contributed by atoms with E-state index in [1.54, 1.807) is 19.1 Å². The van der Waals surface area contributed by atoms with Crippen molar-refractivity contribution in [2.75, 3.05) is 32.8 Å². The fourth-order valence-electron chi connectivity index (χ4n) is 2.44. The van der Waals surface area contributed by atoms with Crippen LogP contribution in [-0.2, 0) is 20.8 Å². The summed E-state index contributed by atoms with van der Waals surface area (Å²) >= 11 is 0. The predicted octanol–water partition coefficient (Wildman–Crippen LogP) is 1.59. The molecule has 0 aliphatic carbocycles. The molecule has 1 amide bonds. The summed E-state index contributed by atoms with van der Waals surface area (Å²) in [4.78, 5) is 26.2. The van der Waals surface area contributed by atoms with Gasteiger partial charge in [0.1, 0.15) is 0 Å². The van der Waals surface area contributed by atoms with Gasteiger partial charge < -0.3 is 14.8 Å². The molecule has 1 saturated heterocycles. The van der Waals surface area contributed by atoms with Gasteiger partial charge in [-0.3, -0.25) is 9.69 Å². The van der Waals surface area contributed by atoms with Crippen molar-refractivity contribution in [3.63, 3.8) is 0 Å². The van der Waals surface area contributed by atoms with Crippen molar-refractivity contribution in [2.24, 2.45) is 0 Å². The first kappa shape index (κ1) is 18.4. The Labute approximate surface area is 143 Å². The van der Waals surface area contributed by atoms with Gasteiger partial charge in [-0.25, -0.2) is 4.79 Å². The highest BCUT2D eigenvalue weighted by atomic mass is 16.5. The fourth-order valence-corrected chi connectivity index (χ4v) is 2.44. The Hall–Kier alpha value is -1.92. The molecule has 1 aliphatic rings. The maximum atomic E-state index is 12.1. The van der Waals surface area contributed by atoms with Crippen LogP contribution in [0, 0.1) is 0 Å². The van der Waals surface area contributed by atoms with Crippen molar-refractivity contribution < 1.29 is 19.1 Å². The lowest BCUT2D eigenvalue weighted by Gasteiger charge is -2.26. The standard InChI is InChI=1S/C18H26N2O4/c1-3-8-19-17(21)14(2)24-18(22)16-6-4-15(5-7-16)13-20-9-11-23-12-10-20/h4-7,14H,3,8-13H2,1-2H3,(H,19,21)/t14-/m0/s1. The number of morpholine rings is 1. The van der Waals surface area contributed by atoms with Crippen LogP contribution in [0.25, 0.3) is 0 Å². The molecule has 2 rings (SSSR count).